The maximum absolute atomic E-state index is 5.26. The van der Waals surface area contributed by atoms with Gasteiger partial charge in [0.2, 0.25) is 0 Å². The molecular formula is C11H13NO. The quantitative estimate of drug-likeness (QED) is 0.649. The van der Waals surface area contributed by atoms with E-state index in [0.717, 1.165) is 5.75 Å². The van der Waals surface area contributed by atoms with Crippen molar-refractivity contribution in [2.75, 3.05) is 7.11 Å². The number of aryl methyl sites for hydroxylation is 2. The molecule has 0 aliphatic carbocycles. The zero-order valence-corrected chi connectivity index (χ0v) is 8.16. The van der Waals surface area contributed by atoms with Crippen molar-refractivity contribution in [1.29, 1.82) is 0 Å². The molecule has 0 fully saturated rings. The van der Waals surface area contributed by atoms with Gasteiger partial charge in [-0.2, -0.15) is 0 Å². The van der Waals surface area contributed by atoms with Crippen LogP contribution in [0.15, 0.2) is 24.4 Å². The molecule has 0 radical (unpaired) electrons. The summed E-state index contributed by atoms with van der Waals surface area (Å²) in [5.74, 6) is 0.953. The number of fused-ring (bicyclic) bond motifs is 1. The fraction of sp³-hybridized carbons (Fsp3) is 0.273. The molecule has 13 heavy (non-hydrogen) atoms. The third-order valence-corrected chi connectivity index (χ3v) is 2.40. The number of benzene rings is 1. The van der Waals surface area contributed by atoms with Gasteiger partial charge in [0.15, 0.2) is 0 Å². The highest BCUT2D eigenvalue weighted by Crippen LogP contribution is 2.25. The van der Waals surface area contributed by atoms with Crippen LogP contribution in [0.1, 0.15) is 5.56 Å². The van der Waals surface area contributed by atoms with Crippen LogP contribution in [0, 0.1) is 6.92 Å². The molecule has 1 aromatic heterocycles. The minimum Gasteiger partial charge on any atom is -0.496 e. The largest absolute Gasteiger partial charge is 0.496 e. The van der Waals surface area contributed by atoms with Gasteiger partial charge in [0, 0.05) is 24.7 Å². The van der Waals surface area contributed by atoms with Crippen molar-refractivity contribution in [3.8, 4) is 5.75 Å². The normalized spacial score (nSPS) is 10.7. The zero-order valence-electron chi connectivity index (χ0n) is 8.16. The Bertz CT molecular complexity index is 443. The molecule has 0 aliphatic heterocycles. The molecule has 0 aliphatic rings. The van der Waals surface area contributed by atoms with Crippen molar-refractivity contribution < 1.29 is 4.74 Å². The predicted molar refractivity (Wildman–Crippen MR) is 54.2 cm³/mol. The van der Waals surface area contributed by atoms with E-state index in [2.05, 4.69) is 35.9 Å². The number of hydrogen-bond donors (Lipinski definition) is 0. The lowest BCUT2D eigenvalue weighted by atomic mass is 10.1. The molecule has 2 aromatic rings. The van der Waals surface area contributed by atoms with Crippen LogP contribution in [0.25, 0.3) is 10.9 Å². The van der Waals surface area contributed by atoms with E-state index >= 15 is 0 Å². The first-order chi connectivity index (χ1) is 6.22. The Labute approximate surface area is 77.7 Å². The summed E-state index contributed by atoms with van der Waals surface area (Å²) in [5, 5.41) is 1.26. The van der Waals surface area contributed by atoms with Crippen molar-refractivity contribution in [1.82, 2.24) is 4.57 Å². The summed E-state index contributed by atoms with van der Waals surface area (Å²) in [6, 6.07) is 6.33. The van der Waals surface area contributed by atoms with Gasteiger partial charge in [0.25, 0.3) is 0 Å². The average Bonchev–Trinajstić information content (AvgIpc) is 2.46. The number of nitrogens with zero attached hydrogens (tertiary/aromatic N) is 1. The molecule has 0 saturated carbocycles. The topological polar surface area (TPSA) is 14.2 Å². The molecule has 2 nitrogen and oxygen atoms in total. The minimum atomic E-state index is 0.953. The summed E-state index contributed by atoms with van der Waals surface area (Å²) in [5.41, 5.74) is 2.39. The van der Waals surface area contributed by atoms with E-state index in [-0.39, 0.29) is 0 Å². The van der Waals surface area contributed by atoms with E-state index in [1.807, 2.05) is 7.05 Å². The molecule has 0 N–H and O–H groups in total. The highest BCUT2D eigenvalue weighted by atomic mass is 16.5. The van der Waals surface area contributed by atoms with Crippen molar-refractivity contribution in [3.63, 3.8) is 0 Å². The van der Waals surface area contributed by atoms with Crippen LogP contribution in [0.2, 0.25) is 0 Å². The average molecular weight is 175 g/mol. The fourth-order valence-corrected chi connectivity index (χ4v) is 1.63. The van der Waals surface area contributed by atoms with Crippen LogP contribution in [0.3, 0.4) is 0 Å². The Morgan fingerprint density at radius 2 is 2.08 bits per heavy atom. The summed E-state index contributed by atoms with van der Waals surface area (Å²) < 4.78 is 7.36. The van der Waals surface area contributed by atoms with Gasteiger partial charge in [-0.15, -0.1) is 0 Å². The maximum atomic E-state index is 5.26. The Kier molecular flexibility index (Phi) is 1.76. The fourth-order valence-electron chi connectivity index (χ4n) is 1.63. The second kappa shape index (κ2) is 2.80. The number of aromatic nitrogens is 1. The molecule has 2 heteroatoms. The van der Waals surface area contributed by atoms with Gasteiger partial charge in [0.05, 0.1) is 12.6 Å². The Morgan fingerprint density at radius 1 is 1.31 bits per heavy atom. The summed E-state index contributed by atoms with van der Waals surface area (Å²) in [7, 11) is 3.74. The van der Waals surface area contributed by atoms with E-state index in [1.54, 1.807) is 7.11 Å². The smallest absolute Gasteiger partial charge is 0.123 e. The van der Waals surface area contributed by atoms with Crippen molar-refractivity contribution in [3.05, 3.63) is 30.0 Å². The van der Waals surface area contributed by atoms with Gasteiger partial charge in [-0.25, -0.2) is 0 Å². The van der Waals surface area contributed by atoms with Crippen molar-refractivity contribution in [2.45, 2.75) is 6.92 Å². The minimum absolute atomic E-state index is 0.953. The lowest BCUT2D eigenvalue weighted by molar-refractivity contribution is 0.412. The maximum Gasteiger partial charge on any atom is 0.123 e. The molecule has 0 spiro atoms. The zero-order chi connectivity index (χ0) is 9.42. The molecule has 1 heterocycles. The first-order valence-corrected chi connectivity index (χ1v) is 4.32. The van der Waals surface area contributed by atoms with Crippen molar-refractivity contribution >= 4 is 10.9 Å². The molecule has 0 amide bonds. The van der Waals surface area contributed by atoms with Crippen LogP contribution in [0.5, 0.6) is 5.75 Å². The second-order valence-electron chi connectivity index (χ2n) is 3.31. The lowest BCUT2D eigenvalue weighted by Gasteiger charge is -2.05. The Hall–Kier alpha value is -1.44. The second-order valence-corrected chi connectivity index (χ2v) is 3.31. The van der Waals surface area contributed by atoms with Gasteiger partial charge in [-0.3, -0.25) is 0 Å². The number of rotatable bonds is 1. The molecule has 2 rings (SSSR count). The van der Waals surface area contributed by atoms with Crippen LogP contribution in [-0.2, 0) is 7.05 Å². The van der Waals surface area contributed by atoms with Crippen molar-refractivity contribution in [2.24, 2.45) is 7.05 Å². The van der Waals surface area contributed by atoms with Gasteiger partial charge in [-0.1, -0.05) is 0 Å². The third kappa shape index (κ3) is 1.18. The number of ether oxygens (including phenoxy) is 1. The van der Waals surface area contributed by atoms with Gasteiger partial charge < -0.3 is 9.30 Å². The van der Waals surface area contributed by atoms with Crippen LogP contribution in [-0.4, -0.2) is 11.7 Å². The summed E-state index contributed by atoms with van der Waals surface area (Å²) in [4.78, 5) is 0. The third-order valence-electron chi connectivity index (χ3n) is 2.40. The lowest BCUT2D eigenvalue weighted by Crippen LogP contribution is -1.89. The van der Waals surface area contributed by atoms with E-state index in [9.17, 15) is 0 Å². The first kappa shape index (κ1) is 8.17. The molecule has 0 atom stereocenters. The van der Waals surface area contributed by atoms with E-state index in [1.165, 1.54) is 16.5 Å². The highest BCUT2D eigenvalue weighted by Gasteiger charge is 2.03. The number of hydrogen-bond acceptors (Lipinski definition) is 1. The molecule has 0 saturated heterocycles. The monoisotopic (exact) mass is 175 g/mol. The molecule has 0 unspecified atom stereocenters. The molecule has 1 aromatic carbocycles. The molecule has 68 valence electrons. The van der Waals surface area contributed by atoms with Crippen LogP contribution < -0.4 is 4.74 Å². The molecular weight excluding hydrogens is 162 g/mol. The molecule has 0 bridgehead atoms. The Balaban J connectivity index is 2.77. The van der Waals surface area contributed by atoms with Gasteiger partial charge >= 0.3 is 0 Å². The SMILES string of the molecule is COc1cc2c(ccn2C)cc1C. The highest BCUT2D eigenvalue weighted by molar-refractivity contribution is 5.82. The number of methoxy groups -OCH3 is 1. The van der Waals surface area contributed by atoms with E-state index in [4.69, 9.17) is 4.74 Å². The van der Waals surface area contributed by atoms with E-state index < -0.39 is 0 Å². The summed E-state index contributed by atoms with van der Waals surface area (Å²) >= 11 is 0. The van der Waals surface area contributed by atoms with Crippen LogP contribution in [0.4, 0.5) is 0 Å². The summed E-state index contributed by atoms with van der Waals surface area (Å²) in [6.45, 7) is 2.06. The van der Waals surface area contributed by atoms with Crippen LogP contribution >= 0.6 is 0 Å². The first-order valence-electron chi connectivity index (χ1n) is 4.32. The van der Waals surface area contributed by atoms with Gasteiger partial charge in [-0.05, 0) is 24.6 Å². The standard InChI is InChI=1S/C11H13NO/c1-8-6-9-4-5-12(2)10(9)7-11(8)13-3/h4-7H,1-3H3. The predicted octanol–water partition coefficient (Wildman–Crippen LogP) is 2.50. The van der Waals surface area contributed by atoms with Gasteiger partial charge in [0.1, 0.15) is 5.75 Å². The summed E-state index contributed by atoms with van der Waals surface area (Å²) in [6.07, 6.45) is 2.06. The Morgan fingerprint density at radius 3 is 2.77 bits per heavy atom. The van der Waals surface area contributed by atoms with E-state index in [0.29, 0.717) is 0 Å².